The van der Waals surface area contributed by atoms with Crippen molar-refractivity contribution in [3.05, 3.63) is 11.6 Å². The normalized spacial score (nSPS) is 32.7. The van der Waals surface area contributed by atoms with Crippen molar-refractivity contribution in [2.45, 2.75) is 63.5 Å². The van der Waals surface area contributed by atoms with Gasteiger partial charge in [-0.3, -0.25) is 0 Å². The Bertz CT molecular complexity index is 589. The molecule has 2 aromatic rings. The number of tetrazole rings is 2. The molecular weight excluding hydrogens is 256 g/mol. The first-order valence-electron chi connectivity index (χ1n) is 7.21. The molecule has 0 N–H and O–H groups in total. The molecule has 0 amide bonds. The molecule has 0 saturated carbocycles. The van der Waals surface area contributed by atoms with Crippen LogP contribution in [0.1, 0.15) is 51.2 Å². The number of aryl methyl sites for hydroxylation is 2. The van der Waals surface area contributed by atoms with Gasteiger partial charge in [-0.25, -0.2) is 9.36 Å². The minimum absolute atomic E-state index is 0.186. The summed E-state index contributed by atoms with van der Waals surface area (Å²) in [5.41, 5.74) is -0.372. The molecule has 106 valence electrons. The van der Waals surface area contributed by atoms with Gasteiger partial charge in [0.25, 0.3) is 0 Å². The third kappa shape index (κ3) is 1.31. The van der Waals surface area contributed by atoms with Gasteiger partial charge in [0.2, 0.25) is 0 Å². The van der Waals surface area contributed by atoms with Crippen LogP contribution in [0, 0.1) is 0 Å². The van der Waals surface area contributed by atoms with Crippen LogP contribution in [0.5, 0.6) is 0 Å². The van der Waals surface area contributed by atoms with Gasteiger partial charge in [0.1, 0.15) is 0 Å². The largest absolute Gasteiger partial charge is 0.221 e. The second kappa shape index (κ2) is 3.83. The smallest absolute Gasteiger partial charge is 0.152 e. The third-order valence-electron chi connectivity index (χ3n) is 5.29. The molecule has 2 aliphatic heterocycles. The van der Waals surface area contributed by atoms with E-state index < -0.39 is 0 Å². The Morgan fingerprint density at radius 2 is 1.25 bits per heavy atom. The molecule has 2 atom stereocenters. The summed E-state index contributed by atoms with van der Waals surface area (Å²) in [6.07, 6.45) is 6.18. The summed E-state index contributed by atoms with van der Waals surface area (Å²) in [6, 6.07) is 0. The maximum atomic E-state index is 4.26. The van der Waals surface area contributed by atoms with Crippen LogP contribution in [0.15, 0.2) is 0 Å². The summed E-state index contributed by atoms with van der Waals surface area (Å²) in [5, 5.41) is 24.6. The molecule has 0 aromatic carbocycles. The van der Waals surface area contributed by atoms with Crippen molar-refractivity contribution >= 4 is 0 Å². The standard InChI is InChI=1S/C12H18N8/c1-11(7-3-5-9-13-15-17-19(9)11)12(2)8-4-6-10-14-16-18-20(10)12/h3-8H2,1-2H3/t11-,12-/m1/s1. The number of hydrogen-bond acceptors (Lipinski definition) is 6. The minimum Gasteiger partial charge on any atom is -0.221 e. The zero-order valence-corrected chi connectivity index (χ0v) is 11.8. The molecule has 2 aromatic heterocycles. The second-order valence-corrected chi connectivity index (χ2v) is 6.27. The van der Waals surface area contributed by atoms with Gasteiger partial charge in [-0.2, -0.15) is 0 Å². The third-order valence-corrected chi connectivity index (χ3v) is 5.29. The molecule has 0 spiro atoms. The highest BCUT2D eigenvalue weighted by Crippen LogP contribution is 2.47. The van der Waals surface area contributed by atoms with E-state index in [0.29, 0.717) is 0 Å². The molecule has 2 aliphatic rings. The molecule has 0 saturated heterocycles. The number of nitrogens with zero attached hydrogens (tertiary/aromatic N) is 8. The van der Waals surface area contributed by atoms with Crippen LogP contribution in [0.25, 0.3) is 0 Å². The van der Waals surface area contributed by atoms with Crippen molar-refractivity contribution in [2.24, 2.45) is 0 Å². The predicted molar refractivity (Wildman–Crippen MR) is 68.8 cm³/mol. The monoisotopic (exact) mass is 274 g/mol. The Kier molecular flexibility index (Phi) is 2.28. The van der Waals surface area contributed by atoms with Crippen molar-refractivity contribution in [3.8, 4) is 0 Å². The van der Waals surface area contributed by atoms with Crippen LogP contribution < -0.4 is 0 Å². The van der Waals surface area contributed by atoms with Crippen LogP contribution in [0.2, 0.25) is 0 Å². The topological polar surface area (TPSA) is 87.2 Å². The van der Waals surface area contributed by atoms with Crippen LogP contribution in [0.4, 0.5) is 0 Å². The van der Waals surface area contributed by atoms with E-state index in [-0.39, 0.29) is 11.1 Å². The Hall–Kier alpha value is -1.86. The lowest BCUT2D eigenvalue weighted by molar-refractivity contribution is 0.0162. The first kappa shape index (κ1) is 11.9. The van der Waals surface area contributed by atoms with E-state index in [1.807, 2.05) is 9.36 Å². The molecule has 20 heavy (non-hydrogen) atoms. The Labute approximate surface area is 116 Å². The quantitative estimate of drug-likeness (QED) is 0.751. The van der Waals surface area contributed by atoms with Crippen LogP contribution in [-0.2, 0) is 23.9 Å². The molecule has 0 radical (unpaired) electrons. The van der Waals surface area contributed by atoms with Crippen molar-refractivity contribution in [1.82, 2.24) is 40.4 Å². The zero-order chi connectivity index (χ0) is 13.8. The van der Waals surface area contributed by atoms with Gasteiger partial charge in [-0.05, 0) is 60.4 Å². The van der Waals surface area contributed by atoms with E-state index in [0.717, 1.165) is 50.2 Å². The van der Waals surface area contributed by atoms with Gasteiger partial charge in [0.15, 0.2) is 11.6 Å². The summed E-state index contributed by atoms with van der Waals surface area (Å²) < 4.78 is 4.01. The first-order chi connectivity index (χ1) is 9.65. The highest BCUT2D eigenvalue weighted by atomic mass is 15.6. The second-order valence-electron chi connectivity index (χ2n) is 6.27. The Balaban J connectivity index is 1.90. The van der Waals surface area contributed by atoms with Gasteiger partial charge < -0.3 is 0 Å². The van der Waals surface area contributed by atoms with Crippen LogP contribution in [0.3, 0.4) is 0 Å². The van der Waals surface area contributed by atoms with Gasteiger partial charge >= 0.3 is 0 Å². The fraction of sp³-hybridized carbons (Fsp3) is 0.833. The van der Waals surface area contributed by atoms with Crippen LogP contribution >= 0.6 is 0 Å². The van der Waals surface area contributed by atoms with Gasteiger partial charge in [-0.15, -0.1) is 10.2 Å². The van der Waals surface area contributed by atoms with Gasteiger partial charge in [-0.1, -0.05) is 0 Å². The zero-order valence-electron chi connectivity index (χ0n) is 11.8. The van der Waals surface area contributed by atoms with E-state index in [1.54, 1.807) is 0 Å². The first-order valence-corrected chi connectivity index (χ1v) is 7.21. The summed E-state index contributed by atoms with van der Waals surface area (Å²) in [6.45, 7) is 4.48. The minimum atomic E-state index is -0.186. The van der Waals surface area contributed by atoms with Gasteiger partial charge in [0.05, 0.1) is 11.1 Å². The molecule has 0 bridgehead atoms. The van der Waals surface area contributed by atoms with Crippen molar-refractivity contribution in [2.75, 3.05) is 0 Å². The molecule has 0 unspecified atom stereocenters. The maximum absolute atomic E-state index is 4.26. The number of fused-ring (bicyclic) bond motifs is 2. The molecule has 8 heteroatoms. The predicted octanol–water partition coefficient (Wildman–Crippen LogP) is 0.463. The SMILES string of the molecule is C[C@]1([C@@]2(C)CCCc3nnnn32)CCCc2nnnn21. The van der Waals surface area contributed by atoms with E-state index in [1.165, 1.54) is 0 Å². The lowest BCUT2D eigenvalue weighted by Crippen LogP contribution is -2.57. The maximum Gasteiger partial charge on any atom is 0.152 e. The number of aromatic nitrogens is 8. The summed E-state index contributed by atoms with van der Waals surface area (Å²) in [4.78, 5) is 0. The van der Waals surface area contributed by atoms with Crippen molar-refractivity contribution in [3.63, 3.8) is 0 Å². The Morgan fingerprint density at radius 3 is 1.70 bits per heavy atom. The molecule has 8 nitrogen and oxygen atoms in total. The highest BCUT2D eigenvalue weighted by molar-refractivity contribution is 5.10. The average molecular weight is 274 g/mol. The molecule has 0 fully saturated rings. The highest BCUT2D eigenvalue weighted by Gasteiger charge is 2.53. The molecule has 0 aliphatic carbocycles. The van der Waals surface area contributed by atoms with Gasteiger partial charge in [0, 0.05) is 12.8 Å². The number of rotatable bonds is 1. The molecule has 4 heterocycles. The molecule has 4 rings (SSSR count). The summed E-state index contributed by atoms with van der Waals surface area (Å²) in [7, 11) is 0. The van der Waals surface area contributed by atoms with E-state index in [9.17, 15) is 0 Å². The summed E-state index contributed by atoms with van der Waals surface area (Å²) in [5.74, 6) is 1.94. The fourth-order valence-corrected chi connectivity index (χ4v) is 3.88. The summed E-state index contributed by atoms with van der Waals surface area (Å²) >= 11 is 0. The lowest BCUT2D eigenvalue weighted by Gasteiger charge is -2.49. The van der Waals surface area contributed by atoms with Crippen LogP contribution in [-0.4, -0.2) is 40.4 Å². The lowest BCUT2D eigenvalue weighted by atomic mass is 9.70. The van der Waals surface area contributed by atoms with E-state index in [4.69, 9.17) is 0 Å². The van der Waals surface area contributed by atoms with E-state index in [2.05, 4.69) is 44.9 Å². The average Bonchev–Trinajstić information content (AvgIpc) is 3.08. The molecular formula is C12H18N8. The Morgan fingerprint density at radius 1 is 0.800 bits per heavy atom. The number of hydrogen-bond donors (Lipinski definition) is 0. The van der Waals surface area contributed by atoms with Crippen molar-refractivity contribution in [1.29, 1.82) is 0 Å². The fourth-order valence-electron chi connectivity index (χ4n) is 3.88. The van der Waals surface area contributed by atoms with Crippen molar-refractivity contribution < 1.29 is 0 Å². The van der Waals surface area contributed by atoms with E-state index >= 15 is 0 Å².